The van der Waals surface area contributed by atoms with E-state index in [9.17, 15) is 10.1 Å². The van der Waals surface area contributed by atoms with Crippen LogP contribution in [-0.2, 0) is 0 Å². The van der Waals surface area contributed by atoms with Crippen molar-refractivity contribution in [3.05, 3.63) is 92.1 Å². The molecule has 8 heteroatoms. The molecule has 4 nitrogen and oxygen atoms in total. The molecular weight excluding hydrogens is 1010 g/mol. The van der Waals surface area contributed by atoms with E-state index in [0.717, 1.165) is 11.3 Å². The van der Waals surface area contributed by atoms with Gasteiger partial charge in [0.1, 0.15) is 32.3 Å². The van der Waals surface area contributed by atoms with Crippen LogP contribution >= 0.6 is 0 Å². The molecule has 0 aliphatic heterocycles. The first-order valence-corrected chi connectivity index (χ1v) is 37.8. The molecule has 0 aromatic heterocycles. The molecule has 0 saturated heterocycles. The first-order chi connectivity index (χ1) is 36.2. The average molecular weight is 1110 g/mol. The fourth-order valence-electron chi connectivity index (χ4n) is 13.0. The largest absolute Gasteiger partial charge is 0.378 e. The molecule has 0 heterocycles. The number of allylic oxidation sites excluding steroid dienone is 4. The van der Waals surface area contributed by atoms with E-state index in [2.05, 4.69) is 289 Å². The molecule has 2 aromatic carbocycles. The molecule has 0 aliphatic carbocycles. The lowest BCUT2D eigenvalue weighted by atomic mass is 10.1. The summed E-state index contributed by atoms with van der Waals surface area (Å²) in [4.78, 5) is 13.3. The summed E-state index contributed by atoms with van der Waals surface area (Å²) in [7, 11) is -4.97. The fraction of sp³-hybridized carbons (Fsp3) is 0.543. The van der Waals surface area contributed by atoms with E-state index in [1.165, 1.54) is 12.1 Å². The molecule has 2 aromatic rings. The second-order valence-corrected chi connectivity index (χ2v) is 47.7. The van der Waals surface area contributed by atoms with Crippen molar-refractivity contribution in [1.82, 2.24) is 0 Å². The van der Waals surface area contributed by atoms with E-state index >= 15 is 0 Å². The van der Waals surface area contributed by atoms with Gasteiger partial charge in [-0.05, 0) is 127 Å². The van der Waals surface area contributed by atoms with Crippen molar-refractivity contribution >= 4 is 43.7 Å². The van der Waals surface area contributed by atoms with Crippen molar-refractivity contribution in [1.29, 1.82) is 0 Å². The van der Waals surface area contributed by atoms with Gasteiger partial charge in [-0.3, -0.25) is 10.1 Å². The minimum absolute atomic E-state index is 0.00903. The summed E-state index contributed by atoms with van der Waals surface area (Å²) in [5, 5.41) is 11.6. The predicted octanol–water partition coefficient (Wildman–Crippen LogP) is 18.5. The van der Waals surface area contributed by atoms with Gasteiger partial charge in [-0.15, -0.1) is 22.2 Å². The Morgan fingerprint density at radius 3 is 0.782 bits per heavy atom. The Bertz CT molecular complexity index is 2900. The quantitative estimate of drug-likeness (QED) is 0.0820. The summed E-state index contributed by atoms with van der Waals surface area (Å²) < 4.78 is 0. The van der Waals surface area contributed by atoms with Crippen LogP contribution < -0.4 is 4.90 Å². The van der Waals surface area contributed by atoms with Crippen molar-refractivity contribution in [3.63, 3.8) is 0 Å². The van der Waals surface area contributed by atoms with Crippen molar-refractivity contribution in [2.24, 2.45) is 0 Å². The zero-order chi connectivity index (χ0) is 59.7. The molecule has 0 radical (unpaired) electrons. The minimum Gasteiger partial charge on any atom is -0.378 e. The predicted molar refractivity (Wildman–Crippen MR) is 353 cm³/mol. The zero-order valence-electron chi connectivity index (χ0n) is 53.3. The van der Waals surface area contributed by atoms with Crippen LogP contribution in [0.25, 0.3) is 0 Å². The summed E-state index contributed by atoms with van der Waals surface area (Å²) in [6.45, 7) is 55.7. The third kappa shape index (κ3) is 16.5. The number of benzene rings is 2. The summed E-state index contributed by atoms with van der Waals surface area (Å²) in [5.41, 5.74) is 25.5. The Labute approximate surface area is 482 Å². The summed E-state index contributed by atoms with van der Waals surface area (Å²) in [5.74, 6) is 42.3. The molecular formula is C70H98N2O2Si4. The van der Waals surface area contributed by atoms with Crippen LogP contribution in [-0.4, -0.2) is 51.3 Å². The molecule has 0 atom stereocenters. The number of anilines is 1. The Balaban J connectivity index is 3.65. The summed E-state index contributed by atoms with van der Waals surface area (Å²) in [6.07, 6.45) is 0. The van der Waals surface area contributed by atoms with Crippen molar-refractivity contribution in [2.75, 3.05) is 19.0 Å². The summed E-state index contributed by atoms with van der Waals surface area (Å²) >= 11 is 0. The Morgan fingerprint density at radius 1 is 0.359 bits per heavy atom. The number of nitro benzene ring substituents is 1. The molecule has 0 N–H and O–H groups in total. The van der Waals surface area contributed by atoms with Crippen molar-refractivity contribution < 1.29 is 4.92 Å². The zero-order valence-corrected chi connectivity index (χ0v) is 57.3. The van der Waals surface area contributed by atoms with E-state index in [1.54, 1.807) is 12.1 Å². The molecule has 0 amide bonds. The lowest BCUT2D eigenvalue weighted by molar-refractivity contribution is -0.384. The second-order valence-electron chi connectivity index (χ2n) is 25.3. The monoisotopic (exact) mass is 1110 g/mol. The van der Waals surface area contributed by atoms with Gasteiger partial charge in [-0.25, -0.2) is 0 Å². The number of nitrogens with zero attached hydrogens (tertiary/aromatic N) is 2. The topological polar surface area (TPSA) is 46.4 Å². The van der Waals surface area contributed by atoms with Crippen LogP contribution in [0.1, 0.15) is 177 Å². The van der Waals surface area contributed by atoms with Crippen LogP contribution in [0.5, 0.6) is 0 Å². The number of rotatable bonds is 14. The second kappa shape index (κ2) is 30.2. The van der Waals surface area contributed by atoms with E-state index in [-0.39, 0.29) is 5.69 Å². The van der Waals surface area contributed by atoms with Gasteiger partial charge in [0, 0.05) is 43.0 Å². The average Bonchev–Trinajstić information content (AvgIpc) is 3.33. The van der Waals surface area contributed by atoms with E-state index in [0.29, 0.717) is 94.4 Å². The third-order valence-corrected chi connectivity index (χ3v) is 42.3. The molecule has 78 heavy (non-hydrogen) atoms. The molecule has 0 saturated carbocycles. The number of non-ortho nitro benzene ring substituents is 1. The van der Waals surface area contributed by atoms with Gasteiger partial charge in [0.15, 0.2) is 0 Å². The van der Waals surface area contributed by atoms with E-state index < -0.39 is 37.2 Å². The van der Waals surface area contributed by atoms with Gasteiger partial charge >= 0.3 is 0 Å². The van der Waals surface area contributed by atoms with Gasteiger partial charge in [-0.1, -0.05) is 214 Å². The molecule has 0 unspecified atom stereocenters. The minimum atomic E-state index is -2.29. The Morgan fingerprint density at radius 2 is 0.577 bits per heavy atom. The SMILES string of the molecule is CC(C)[Si](C#C/C(C#CC#C/C(C#C[Si](C(C)C)(C(C)C)C(C)C)=C(/C#Cc1ccc(N(C)C)cc1)C#C[Si](C(C)C)(C(C)C)C(C)C)=C(/C#Cc1ccc([N+](=O)[O-])cc1)C#C[Si](C(C)C)(C(C)C)C(C)C)(C(C)C)C(C)C. The number of hydrogen-bond donors (Lipinski definition) is 0. The number of nitro groups is 1. The molecule has 416 valence electrons. The van der Waals surface area contributed by atoms with Crippen molar-refractivity contribution in [3.8, 4) is 93.2 Å². The molecule has 0 bridgehead atoms. The van der Waals surface area contributed by atoms with E-state index in [4.69, 9.17) is 0 Å². The van der Waals surface area contributed by atoms with Gasteiger partial charge in [0.2, 0.25) is 0 Å². The van der Waals surface area contributed by atoms with Crippen LogP contribution in [0.3, 0.4) is 0 Å². The van der Waals surface area contributed by atoms with Gasteiger partial charge < -0.3 is 4.90 Å². The Hall–Kier alpha value is -5.53. The highest BCUT2D eigenvalue weighted by Crippen LogP contribution is 2.44. The molecule has 2 rings (SSSR count). The maximum Gasteiger partial charge on any atom is 0.269 e. The standard InChI is InChI=1S/C70H98N2O2Si4/c1-51(2)75(52(3)4,53(5)6)47-43-65(67(37-31-63-33-39-69(40-34-63)71(25)26)45-49-77(57(13)14,58(15)16)59(17)18)29-27-28-30-66(44-48-76(54(7)8,55(9)10)56(11)12)68(38-32-64-35-41-70(42-36-64)72(73)74)46-50-78(60(19)20,61(21)22)62(23)24/h33-36,39-42,51-62H,1-26H3/b67-65+,68-66-. The van der Waals surface area contributed by atoms with Crippen LogP contribution in [0.2, 0.25) is 66.5 Å². The van der Waals surface area contributed by atoms with Gasteiger partial charge in [-0.2, -0.15) is 0 Å². The maximum absolute atomic E-state index is 11.6. The third-order valence-electron chi connectivity index (χ3n) is 17.1. The highest BCUT2D eigenvalue weighted by Gasteiger charge is 2.45. The number of hydrogen-bond acceptors (Lipinski definition) is 3. The first kappa shape index (κ1) is 68.6. The highest BCUT2D eigenvalue weighted by molar-refractivity contribution is 6.92. The first-order valence-electron chi connectivity index (χ1n) is 28.9. The van der Waals surface area contributed by atoms with Crippen LogP contribution in [0.15, 0.2) is 70.8 Å². The lowest BCUT2D eigenvalue weighted by Crippen LogP contribution is -2.43. The maximum atomic E-state index is 11.6. The molecule has 0 fully saturated rings. The van der Waals surface area contributed by atoms with Gasteiger partial charge in [0.25, 0.3) is 5.69 Å². The molecule has 0 aliphatic rings. The normalized spacial score (nSPS) is 12.5. The highest BCUT2D eigenvalue weighted by atomic mass is 28.3. The van der Waals surface area contributed by atoms with Crippen LogP contribution in [0.4, 0.5) is 11.4 Å². The summed E-state index contributed by atoms with van der Waals surface area (Å²) in [6, 6.07) is 14.6. The van der Waals surface area contributed by atoms with Crippen LogP contribution in [0, 0.1) is 103 Å². The van der Waals surface area contributed by atoms with E-state index in [1.807, 2.05) is 14.1 Å². The van der Waals surface area contributed by atoms with Crippen molar-refractivity contribution in [2.45, 2.75) is 233 Å². The van der Waals surface area contributed by atoms with Gasteiger partial charge in [0.05, 0.1) is 27.2 Å². The fourth-order valence-corrected chi connectivity index (χ4v) is 33.8. The smallest absolute Gasteiger partial charge is 0.269 e. The Kier molecular flexibility index (Phi) is 26.5. The lowest BCUT2D eigenvalue weighted by Gasteiger charge is -2.38. The molecule has 0 spiro atoms.